The maximum absolute atomic E-state index is 5.24. The second kappa shape index (κ2) is 4.61. The number of rotatable bonds is 4. The van der Waals surface area contributed by atoms with Gasteiger partial charge in [-0.05, 0) is 32.0 Å². The molecule has 0 aromatic carbocycles. The molecule has 13 heavy (non-hydrogen) atoms. The molecule has 0 aliphatic heterocycles. The van der Waals surface area contributed by atoms with Crippen molar-refractivity contribution in [2.75, 3.05) is 0 Å². The molecule has 1 atom stereocenters. The summed E-state index contributed by atoms with van der Waals surface area (Å²) in [7, 11) is 0. The molecule has 0 aliphatic rings. The molecule has 0 spiro atoms. The van der Waals surface area contributed by atoms with Crippen LogP contribution in [0, 0.1) is 11.7 Å². The monoisotopic (exact) mass is 198 g/mol. The molecule has 1 rings (SSSR count). The van der Waals surface area contributed by atoms with Crippen LogP contribution in [-0.2, 0) is 0 Å². The van der Waals surface area contributed by atoms with Crippen molar-refractivity contribution in [3.8, 4) is 0 Å². The number of aromatic amines is 1. The normalized spacial score (nSPS) is 13.2. The molecule has 74 valence electrons. The molecular weight excluding hydrogens is 180 g/mol. The van der Waals surface area contributed by atoms with Gasteiger partial charge in [-0.3, -0.25) is 0 Å². The van der Waals surface area contributed by atoms with Crippen molar-refractivity contribution in [3.63, 3.8) is 0 Å². The predicted molar refractivity (Wildman–Crippen MR) is 58.6 cm³/mol. The molecule has 0 aliphatic carbocycles. The van der Waals surface area contributed by atoms with E-state index in [-0.39, 0.29) is 0 Å². The lowest BCUT2D eigenvalue weighted by Crippen LogP contribution is -2.09. The zero-order valence-corrected chi connectivity index (χ0v) is 9.45. The molecule has 0 radical (unpaired) electrons. The first-order valence-electron chi connectivity index (χ1n) is 4.97. The van der Waals surface area contributed by atoms with Crippen molar-refractivity contribution < 1.29 is 0 Å². The van der Waals surface area contributed by atoms with Crippen molar-refractivity contribution in [2.24, 2.45) is 0 Å². The number of aryl methyl sites for hydroxylation is 1. The third-order valence-corrected chi connectivity index (χ3v) is 2.78. The standard InChI is InChI=1S/C10H18N2S/c1-4-6-9(5-2)12-8(3)7-11-10(12)13/h7,9H,4-6H2,1-3H3,(H,11,13). The Bertz CT molecular complexity index is 311. The lowest BCUT2D eigenvalue weighted by atomic mass is 10.1. The van der Waals surface area contributed by atoms with Gasteiger partial charge in [-0.1, -0.05) is 20.3 Å². The molecule has 1 aromatic rings. The van der Waals surface area contributed by atoms with Gasteiger partial charge in [0.05, 0.1) is 0 Å². The van der Waals surface area contributed by atoms with Gasteiger partial charge in [0, 0.05) is 17.9 Å². The Morgan fingerprint density at radius 3 is 2.62 bits per heavy atom. The second-order valence-electron chi connectivity index (χ2n) is 3.46. The quantitative estimate of drug-likeness (QED) is 0.733. The first kappa shape index (κ1) is 10.5. The summed E-state index contributed by atoms with van der Waals surface area (Å²) in [4.78, 5) is 3.09. The predicted octanol–water partition coefficient (Wildman–Crippen LogP) is 3.61. The molecule has 3 heteroatoms. The Morgan fingerprint density at radius 2 is 2.23 bits per heavy atom. The molecule has 0 bridgehead atoms. The zero-order valence-electron chi connectivity index (χ0n) is 8.63. The molecule has 0 saturated heterocycles. The van der Waals surface area contributed by atoms with Crippen molar-refractivity contribution in [1.29, 1.82) is 0 Å². The van der Waals surface area contributed by atoms with Crippen LogP contribution in [0.3, 0.4) is 0 Å². The van der Waals surface area contributed by atoms with Crippen molar-refractivity contribution in [3.05, 3.63) is 16.7 Å². The van der Waals surface area contributed by atoms with Crippen LogP contribution in [-0.4, -0.2) is 9.55 Å². The fourth-order valence-corrected chi connectivity index (χ4v) is 2.12. The molecule has 1 heterocycles. The summed E-state index contributed by atoms with van der Waals surface area (Å²) in [6.07, 6.45) is 5.57. The van der Waals surface area contributed by atoms with E-state index in [1.54, 1.807) is 0 Å². The topological polar surface area (TPSA) is 20.7 Å². The summed E-state index contributed by atoms with van der Waals surface area (Å²) in [6.45, 7) is 6.54. The number of H-pyrrole nitrogens is 1. The first-order valence-corrected chi connectivity index (χ1v) is 5.38. The zero-order chi connectivity index (χ0) is 9.84. The van der Waals surface area contributed by atoms with Crippen LogP contribution in [0.1, 0.15) is 44.8 Å². The van der Waals surface area contributed by atoms with E-state index in [1.807, 2.05) is 6.20 Å². The van der Waals surface area contributed by atoms with Crippen LogP contribution < -0.4 is 0 Å². The summed E-state index contributed by atoms with van der Waals surface area (Å²) < 4.78 is 3.09. The van der Waals surface area contributed by atoms with Gasteiger partial charge in [0.2, 0.25) is 0 Å². The van der Waals surface area contributed by atoms with E-state index in [0.717, 1.165) is 11.2 Å². The summed E-state index contributed by atoms with van der Waals surface area (Å²) in [5, 5.41) is 0. The Kier molecular flexibility index (Phi) is 3.72. The first-order chi connectivity index (χ1) is 6.20. The van der Waals surface area contributed by atoms with Gasteiger partial charge in [-0.2, -0.15) is 0 Å². The molecule has 0 saturated carbocycles. The van der Waals surface area contributed by atoms with Crippen LogP contribution in [0.25, 0.3) is 0 Å². The van der Waals surface area contributed by atoms with Crippen molar-refractivity contribution in [1.82, 2.24) is 9.55 Å². The SMILES string of the molecule is CCCC(CC)n1c(C)c[nH]c1=S. The Balaban J connectivity index is 2.96. The van der Waals surface area contributed by atoms with E-state index in [9.17, 15) is 0 Å². The summed E-state index contributed by atoms with van der Waals surface area (Å²) in [5.41, 5.74) is 1.24. The van der Waals surface area contributed by atoms with Crippen LogP contribution in [0.2, 0.25) is 0 Å². The molecule has 0 amide bonds. The third-order valence-electron chi connectivity index (χ3n) is 2.46. The highest BCUT2D eigenvalue weighted by Gasteiger charge is 2.10. The van der Waals surface area contributed by atoms with Crippen LogP contribution in [0.15, 0.2) is 6.20 Å². The largest absolute Gasteiger partial charge is 0.337 e. The second-order valence-corrected chi connectivity index (χ2v) is 3.84. The van der Waals surface area contributed by atoms with E-state index in [2.05, 4.69) is 30.3 Å². The highest BCUT2D eigenvalue weighted by molar-refractivity contribution is 7.71. The number of nitrogens with one attached hydrogen (secondary N) is 1. The number of imidazole rings is 1. The number of hydrogen-bond acceptors (Lipinski definition) is 1. The van der Waals surface area contributed by atoms with Gasteiger partial charge in [0.15, 0.2) is 4.77 Å². The molecular formula is C10H18N2S. The minimum atomic E-state index is 0.573. The summed E-state index contributed by atoms with van der Waals surface area (Å²) >= 11 is 5.24. The average molecular weight is 198 g/mol. The van der Waals surface area contributed by atoms with Gasteiger partial charge in [-0.15, -0.1) is 0 Å². The maximum Gasteiger partial charge on any atom is 0.177 e. The fourth-order valence-electron chi connectivity index (χ4n) is 1.77. The average Bonchev–Trinajstić information content (AvgIpc) is 2.43. The Labute approximate surface area is 85.0 Å². The molecule has 1 unspecified atom stereocenters. The van der Waals surface area contributed by atoms with Crippen LogP contribution >= 0.6 is 12.2 Å². The highest BCUT2D eigenvalue weighted by Crippen LogP contribution is 2.20. The third kappa shape index (κ3) is 2.21. The maximum atomic E-state index is 5.24. The smallest absolute Gasteiger partial charge is 0.177 e. The molecule has 2 nitrogen and oxygen atoms in total. The van der Waals surface area contributed by atoms with Crippen molar-refractivity contribution in [2.45, 2.75) is 46.1 Å². The summed E-state index contributed by atoms with van der Waals surface area (Å²) in [5.74, 6) is 0. The lowest BCUT2D eigenvalue weighted by molar-refractivity contribution is 0.436. The van der Waals surface area contributed by atoms with E-state index in [0.29, 0.717) is 6.04 Å². The van der Waals surface area contributed by atoms with Crippen LogP contribution in [0.5, 0.6) is 0 Å². The lowest BCUT2D eigenvalue weighted by Gasteiger charge is -2.17. The van der Waals surface area contributed by atoms with Crippen LogP contribution in [0.4, 0.5) is 0 Å². The number of nitrogens with zero attached hydrogens (tertiary/aromatic N) is 1. The summed E-state index contributed by atoms with van der Waals surface area (Å²) in [6, 6.07) is 0.573. The van der Waals surface area contributed by atoms with E-state index in [4.69, 9.17) is 12.2 Å². The fraction of sp³-hybridized carbons (Fsp3) is 0.700. The van der Waals surface area contributed by atoms with Gasteiger partial charge in [0.1, 0.15) is 0 Å². The molecule has 1 aromatic heterocycles. The van der Waals surface area contributed by atoms with E-state index in [1.165, 1.54) is 18.5 Å². The molecule has 0 fully saturated rings. The van der Waals surface area contributed by atoms with Gasteiger partial charge in [-0.25, -0.2) is 0 Å². The Morgan fingerprint density at radius 1 is 1.54 bits per heavy atom. The van der Waals surface area contributed by atoms with Gasteiger partial charge in [0.25, 0.3) is 0 Å². The minimum absolute atomic E-state index is 0.573. The van der Waals surface area contributed by atoms with Gasteiger partial charge < -0.3 is 9.55 Å². The minimum Gasteiger partial charge on any atom is -0.337 e. The highest BCUT2D eigenvalue weighted by atomic mass is 32.1. The van der Waals surface area contributed by atoms with Gasteiger partial charge >= 0.3 is 0 Å². The number of aromatic nitrogens is 2. The Hall–Kier alpha value is -0.570. The number of hydrogen-bond donors (Lipinski definition) is 1. The molecule has 1 N–H and O–H groups in total. The van der Waals surface area contributed by atoms with E-state index >= 15 is 0 Å². The van der Waals surface area contributed by atoms with E-state index < -0.39 is 0 Å². The van der Waals surface area contributed by atoms with Crippen molar-refractivity contribution >= 4 is 12.2 Å².